The highest BCUT2D eigenvalue weighted by atomic mass is 32.1. The Morgan fingerprint density at radius 2 is 2.00 bits per heavy atom. The van der Waals surface area contributed by atoms with Crippen molar-refractivity contribution in [3.63, 3.8) is 0 Å². The molecule has 2 atom stereocenters. The Bertz CT molecular complexity index is 241. The minimum atomic E-state index is 0.579. The normalized spacial score (nSPS) is 15.8. The molecule has 0 amide bonds. The molecule has 1 heterocycles. The van der Waals surface area contributed by atoms with Crippen LogP contribution in [-0.2, 0) is 6.42 Å². The van der Waals surface area contributed by atoms with Gasteiger partial charge in [0.1, 0.15) is 0 Å². The van der Waals surface area contributed by atoms with Crippen LogP contribution < -0.4 is 5.32 Å². The first-order valence-corrected chi connectivity index (χ1v) is 6.31. The van der Waals surface area contributed by atoms with Gasteiger partial charge < -0.3 is 5.32 Å². The van der Waals surface area contributed by atoms with Gasteiger partial charge in [-0.25, -0.2) is 0 Å². The molecule has 1 aromatic rings. The van der Waals surface area contributed by atoms with Gasteiger partial charge in [-0.1, -0.05) is 20.8 Å². The third kappa shape index (κ3) is 3.81. The highest BCUT2D eigenvalue weighted by molar-refractivity contribution is 7.07. The number of thiophene rings is 1. The van der Waals surface area contributed by atoms with Crippen molar-refractivity contribution in [1.82, 2.24) is 5.32 Å². The third-order valence-corrected chi connectivity index (χ3v) is 3.32. The van der Waals surface area contributed by atoms with Crippen LogP contribution in [0.15, 0.2) is 16.8 Å². The van der Waals surface area contributed by atoms with Gasteiger partial charge in [-0.15, -0.1) is 0 Å². The van der Waals surface area contributed by atoms with Crippen LogP contribution in [0.3, 0.4) is 0 Å². The van der Waals surface area contributed by atoms with E-state index >= 15 is 0 Å². The maximum absolute atomic E-state index is 3.56. The minimum Gasteiger partial charge on any atom is -0.312 e. The van der Waals surface area contributed by atoms with E-state index in [2.05, 4.69) is 49.8 Å². The van der Waals surface area contributed by atoms with Crippen LogP contribution in [0.1, 0.15) is 33.3 Å². The molecule has 2 unspecified atom stereocenters. The number of rotatable bonds is 5. The second-order valence-electron chi connectivity index (χ2n) is 4.42. The van der Waals surface area contributed by atoms with Crippen molar-refractivity contribution in [2.75, 3.05) is 0 Å². The van der Waals surface area contributed by atoms with Gasteiger partial charge in [0.05, 0.1) is 0 Å². The van der Waals surface area contributed by atoms with Gasteiger partial charge in [0, 0.05) is 12.1 Å². The molecule has 0 spiro atoms. The van der Waals surface area contributed by atoms with E-state index in [-0.39, 0.29) is 0 Å². The molecule has 0 saturated carbocycles. The molecule has 0 radical (unpaired) electrons. The standard InChI is InChI=1S/C12H21NS/c1-9(2)13-11(4)10(3)7-12-5-6-14-8-12/h5-6,8-11,13H,7H2,1-4H3. The van der Waals surface area contributed by atoms with Gasteiger partial charge in [-0.3, -0.25) is 0 Å². The monoisotopic (exact) mass is 211 g/mol. The van der Waals surface area contributed by atoms with Gasteiger partial charge in [0.2, 0.25) is 0 Å². The zero-order valence-corrected chi connectivity index (χ0v) is 10.4. The van der Waals surface area contributed by atoms with Crippen molar-refractivity contribution in [3.8, 4) is 0 Å². The summed E-state index contributed by atoms with van der Waals surface area (Å²) in [5, 5.41) is 7.96. The average Bonchev–Trinajstić information content (AvgIpc) is 2.55. The zero-order chi connectivity index (χ0) is 10.6. The molecule has 2 heteroatoms. The Labute approximate surface area is 91.5 Å². The lowest BCUT2D eigenvalue weighted by atomic mass is 9.96. The average molecular weight is 211 g/mol. The molecule has 0 saturated heterocycles. The van der Waals surface area contributed by atoms with E-state index in [1.807, 2.05) is 0 Å². The molecule has 0 aliphatic carbocycles. The third-order valence-electron chi connectivity index (χ3n) is 2.59. The van der Waals surface area contributed by atoms with Crippen molar-refractivity contribution in [2.24, 2.45) is 5.92 Å². The Morgan fingerprint density at radius 1 is 1.29 bits per heavy atom. The van der Waals surface area contributed by atoms with Crippen molar-refractivity contribution < 1.29 is 0 Å². The van der Waals surface area contributed by atoms with Crippen LogP contribution in [0.2, 0.25) is 0 Å². The van der Waals surface area contributed by atoms with Crippen molar-refractivity contribution in [3.05, 3.63) is 22.4 Å². The topological polar surface area (TPSA) is 12.0 Å². The van der Waals surface area contributed by atoms with Crippen LogP contribution in [0, 0.1) is 5.92 Å². The zero-order valence-electron chi connectivity index (χ0n) is 9.58. The first-order chi connectivity index (χ1) is 6.59. The van der Waals surface area contributed by atoms with Crippen molar-refractivity contribution >= 4 is 11.3 Å². The Hall–Kier alpha value is -0.340. The summed E-state index contributed by atoms with van der Waals surface area (Å²) in [6.45, 7) is 9.00. The van der Waals surface area contributed by atoms with Gasteiger partial charge >= 0.3 is 0 Å². The van der Waals surface area contributed by atoms with Crippen LogP contribution >= 0.6 is 11.3 Å². The molecule has 0 bridgehead atoms. The fourth-order valence-electron chi connectivity index (χ4n) is 1.65. The SMILES string of the molecule is CC(C)NC(C)C(C)Cc1ccsc1. The Morgan fingerprint density at radius 3 is 2.50 bits per heavy atom. The Balaban J connectivity index is 2.37. The predicted molar refractivity (Wildman–Crippen MR) is 64.9 cm³/mol. The van der Waals surface area contributed by atoms with Gasteiger partial charge in [0.25, 0.3) is 0 Å². The minimum absolute atomic E-state index is 0.579. The molecule has 0 aromatic carbocycles. The molecule has 80 valence electrons. The lowest BCUT2D eigenvalue weighted by Gasteiger charge is -2.23. The summed E-state index contributed by atoms with van der Waals surface area (Å²) in [6.07, 6.45) is 1.18. The lowest BCUT2D eigenvalue weighted by molar-refractivity contribution is 0.372. The highest BCUT2D eigenvalue weighted by Gasteiger charge is 2.13. The molecule has 0 fully saturated rings. The fourth-order valence-corrected chi connectivity index (χ4v) is 2.33. The first-order valence-electron chi connectivity index (χ1n) is 5.36. The van der Waals surface area contributed by atoms with E-state index in [0.29, 0.717) is 18.0 Å². The Kier molecular flexibility index (Phi) is 4.63. The summed E-state index contributed by atoms with van der Waals surface area (Å²) >= 11 is 1.79. The van der Waals surface area contributed by atoms with Crippen molar-refractivity contribution in [2.45, 2.75) is 46.2 Å². The van der Waals surface area contributed by atoms with Crippen LogP contribution in [0.5, 0.6) is 0 Å². The number of hydrogen-bond donors (Lipinski definition) is 1. The van der Waals surface area contributed by atoms with E-state index in [1.54, 1.807) is 11.3 Å². The van der Waals surface area contributed by atoms with Crippen LogP contribution in [0.25, 0.3) is 0 Å². The second-order valence-corrected chi connectivity index (χ2v) is 5.20. The number of nitrogens with one attached hydrogen (secondary N) is 1. The van der Waals surface area contributed by atoms with E-state index in [0.717, 1.165) is 0 Å². The predicted octanol–water partition coefficient (Wildman–Crippen LogP) is 3.31. The van der Waals surface area contributed by atoms with Gasteiger partial charge in [0.15, 0.2) is 0 Å². The van der Waals surface area contributed by atoms with E-state index in [9.17, 15) is 0 Å². The van der Waals surface area contributed by atoms with Gasteiger partial charge in [-0.2, -0.15) is 11.3 Å². The van der Waals surface area contributed by atoms with E-state index < -0.39 is 0 Å². The molecule has 14 heavy (non-hydrogen) atoms. The first kappa shape index (κ1) is 11.7. The smallest absolute Gasteiger partial charge is 0.00699 e. The largest absolute Gasteiger partial charge is 0.312 e. The molecule has 1 N–H and O–H groups in total. The number of hydrogen-bond acceptors (Lipinski definition) is 2. The molecule has 0 aliphatic rings. The summed E-state index contributed by atoms with van der Waals surface area (Å²) in [5.74, 6) is 0.701. The van der Waals surface area contributed by atoms with Crippen molar-refractivity contribution in [1.29, 1.82) is 0 Å². The summed E-state index contributed by atoms with van der Waals surface area (Å²) in [6, 6.07) is 3.40. The summed E-state index contributed by atoms with van der Waals surface area (Å²) in [5.41, 5.74) is 1.47. The maximum Gasteiger partial charge on any atom is 0.00699 e. The fraction of sp³-hybridized carbons (Fsp3) is 0.667. The van der Waals surface area contributed by atoms with Crippen LogP contribution in [0.4, 0.5) is 0 Å². The molecule has 1 aromatic heterocycles. The van der Waals surface area contributed by atoms with Gasteiger partial charge in [-0.05, 0) is 41.7 Å². The quantitative estimate of drug-likeness (QED) is 0.788. The highest BCUT2D eigenvalue weighted by Crippen LogP contribution is 2.14. The summed E-state index contributed by atoms with van der Waals surface area (Å²) < 4.78 is 0. The van der Waals surface area contributed by atoms with Crippen LogP contribution in [-0.4, -0.2) is 12.1 Å². The molecular formula is C12H21NS. The molecule has 1 nitrogen and oxygen atoms in total. The maximum atomic E-state index is 3.56. The summed E-state index contributed by atoms with van der Waals surface area (Å²) in [7, 11) is 0. The van der Waals surface area contributed by atoms with E-state index in [1.165, 1.54) is 12.0 Å². The molecule has 0 aliphatic heterocycles. The second kappa shape index (κ2) is 5.52. The van der Waals surface area contributed by atoms with E-state index in [4.69, 9.17) is 0 Å². The lowest BCUT2D eigenvalue weighted by Crippen LogP contribution is -2.37. The molecular weight excluding hydrogens is 190 g/mol. The summed E-state index contributed by atoms with van der Waals surface area (Å²) in [4.78, 5) is 0. The molecule has 1 rings (SSSR count).